The Morgan fingerprint density at radius 1 is 1.15 bits per heavy atom. The number of halogens is 2. The molecule has 0 saturated carbocycles. The van der Waals surface area contributed by atoms with Crippen LogP contribution in [0.4, 0.5) is 8.78 Å². The monoisotopic (exact) mass is 450 g/mol. The van der Waals surface area contributed by atoms with E-state index < -0.39 is 17.5 Å². The van der Waals surface area contributed by atoms with Gasteiger partial charge in [0.25, 0.3) is 0 Å². The van der Waals surface area contributed by atoms with Crippen LogP contribution in [-0.4, -0.2) is 30.6 Å². The number of aryl methyl sites for hydroxylation is 1. The quantitative estimate of drug-likeness (QED) is 0.570. The van der Waals surface area contributed by atoms with Crippen molar-refractivity contribution in [3.8, 4) is 0 Å². The van der Waals surface area contributed by atoms with Crippen molar-refractivity contribution in [3.63, 3.8) is 0 Å². The second-order valence-electron chi connectivity index (χ2n) is 8.97. The second kappa shape index (κ2) is 10.1. The zero-order valence-electron chi connectivity index (χ0n) is 19.1. The van der Waals surface area contributed by atoms with E-state index in [4.69, 9.17) is 0 Å². The van der Waals surface area contributed by atoms with Crippen molar-refractivity contribution in [1.82, 2.24) is 5.32 Å². The maximum atomic E-state index is 16.4. The van der Waals surface area contributed by atoms with E-state index in [1.807, 2.05) is 38.5 Å². The highest BCUT2D eigenvalue weighted by atomic mass is 19.1. The lowest BCUT2D eigenvalue weighted by Crippen LogP contribution is -2.33. The van der Waals surface area contributed by atoms with Crippen LogP contribution in [0.1, 0.15) is 46.3 Å². The van der Waals surface area contributed by atoms with Gasteiger partial charge < -0.3 is 10.4 Å². The van der Waals surface area contributed by atoms with Gasteiger partial charge in [-0.2, -0.15) is 0 Å². The second-order valence-corrected chi connectivity index (χ2v) is 8.97. The van der Waals surface area contributed by atoms with Gasteiger partial charge in [0.15, 0.2) is 5.78 Å². The fourth-order valence-electron chi connectivity index (χ4n) is 4.97. The average molecular weight is 451 g/mol. The van der Waals surface area contributed by atoms with Gasteiger partial charge in [-0.05, 0) is 92.3 Å². The number of carbonyl (C=O) groups is 1. The molecule has 173 valence electrons. The van der Waals surface area contributed by atoms with E-state index in [2.05, 4.69) is 5.32 Å². The number of Topliss-reactive ketones (excluding diaryl/α,β-unsaturated/α-hetero) is 1. The molecule has 2 aromatic rings. The minimum atomic E-state index is -0.516. The van der Waals surface area contributed by atoms with Crippen LogP contribution in [0.5, 0.6) is 0 Å². The maximum Gasteiger partial charge on any atom is 0.190 e. The predicted molar refractivity (Wildman–Crippen MR) is 127 cm³/mol. The molecule has 2 unspecified atom stereocenters. The highest BCUT2D eigenvalue weighted by Crippen LogP contribution is 2.46. The van der Waals surface area contributed by atoms with Gasteiger partial charge in [0.05, 0.1) is 0 Å². The lowest BCUT2D eigenvalue weighted by molar-refractivity contribution is 0.102. The van der Waals surface area contributed by atoms with Crippen LogP contribution in [0.25, 0.3) is 5.57 Å². The van der Waals surface area contributed by atoms with E-state index in [0.717, 1.165) is 30.5 Å². The van der Waals surface area contributed by atoms with E-state index >= 15 is 4.39 Å². The molecule has 1 aliphatic heterocycles. The summed E-state index contributed by atoms with van der Waals surface area (Å²) >= 11 is 0. The van der Waals surface area contributed by atoms with Crippen molar-refractivity contribution in [2.45, 2.75) is 33.1 Å². The first-order chi connectivity index (χ1) is 15.9. The van der Waals surface area contributed by atoms with Gasteiger partial charge in [-0.15, -0.1) is 0 Å². The van der Waals surface area contributed by atoms with Gasteiger partial charge in [0.1, 0.15) is 11.6 Å². The van der Waals surface area contributed by atoms with Gasteiger partial charge in [0, 0.05) is 29.9 Å². The van der Waals surface area contributed by atoms with Crippen molar-refractivity contribution in [1.29, 1.82) is 0 Å². The number of hydrogen-bond donors (Lipinski definition) is 2. The molecule has 1 aliphatic carbocycles. The number of hydrogen-bond acceptors (Lipinski definition) is 3. The van der Waals surface area contributed by atoms with E-state index in [1.54, 1.807) is 6.07 Å². The van der Waals surface area contributed by atoms with E-state index in [-0.39, 0.29) is 35.1 Å². The molecule has 0 spiro atoms. The molecule has 0 bridgehead atoms. The van der Waals surface area contributed by atoms with Gasteiger partial charge in [-0.3, -0.25) is 4.79 Å². The smallest absolute Gasteiger partial charge is 0.190 e. The average Bonchev–Trinajstić information content (AvgIpc) is 2.82. The Morgan fingerprint density at radius 3 is 2.64 bits per heavy atom. The van der Waals surface area contributed by atoms with Crippen molar-refractivity contribution in [2.24, 2.45) is 11.8 Å². The lowest BCUT2D eigenvalue weighted by Gasteiger charge is -2.34. The molecule has 1 saturated heterocycles. The first-order valence-electron chi connectivity index (χ1n) is 11.6. The third kappa shape index (κ3) is 4.71. The predicted octanol–water partition coefficient (Wildman–Crippen LogP) is 5.52. The van der Waals surface area contributed by atoms with Gasteiger partial charge in [0.2, 0.25) is 0 Å². The number of aliphatic hydroxyl groups excluding tert-OH is 1. The Balaban J connectivity index is 1.97. The third-order valence-corrected chi connectivity index (χ3v) is 6.88. The van der Waals surface area contributed by atoms with Crippen LogP contribution in [0.2, 0.25) is 0 Å². The summed E-state index contributed by atoms with van der Waals surface area (Å²) in [6.45, 7) is 5.34. The number of piperidine rings is 1. The maximum absolute atomic E-state index is 16.4. The summed E-state index contributed by atoms with van der Waals surface area (Å²) in [4.78, 5) is 13.7. The third-order valence-electron chi connectivity index (χ3n) is 6.88. The Hall–Kier alpha value is -2.63. The summed E-state index contributed by atoms with van der Waals surface area (Å²) in [5.41, 5.74) is 3.93. The van der Waals surface area contributed by atoms with E-state index in [1.165, 1.54) is 18.2 Å². The van der Waals surface area contributed by atoms with Crippen LogP contribution in [0.3, 0.4) is 0 Å². The molecule has 2 atom stereocenters. The highest BCUT2D eigenvalue weighted by molar-refractivity contribution is 6.16. The molecule has 3 nitrogen and oxygen atoms in total. The first kappa shape index (κ1) is 23.5. The molecule has 1 radical (unpaired) electrons. The Kier molecular flexibility index (Phi) is 7.20. The number of carbonyl (C=O) groups excluding carboxylic acids is 1. The van der Waals surface area contributed by atoms with E-state index in [0.29, 0.717) is 24.1 Å². The first-order valence-corrected chi connectivity index (χ1v) is 11.6. The Bertz CT molecular complexity index is 1110. The highest BCUT2D eigenvalue weighted by Gasteiger charge is 2.37. The van der Waals surface area contributed by atoms with Gasteiger partial charge in [-0.25, -0.2) is 8.78 Å². The van der Waals surface area contributed by atoms with Crippen molar-refractivity contribution in [2.75, 3.05) is 19.7 Å². The molecule has 4 rings (SSSR count). The standard InChI is InChI=1S/C28H30F2NO2/c1-17-6-3-10-23(18(17)2)26-25(28(33)20-7-4-9-22(29)14-20)19(11-13-32)15-24(27(26)30)21-8-5-12-31-16-21/h3-4,6-7,9-10,14-15,19,21,31-32H,5,8,11-13,16H2,1-2H3. The molecule has 33 heavy (non-hydrogen) atoms. The summed E-state index contributed by atoms with van der Waals surface area (Å²) in [6.07, 6.45) is 3.94. The molecule has 0 aromatic heterocycles. The lowest BCUT2D eigenvalue weighted by atomic mass is 9.71. The van der Waals surface area contributed by atoms with Crippen LogP contribution < -0.4 is 5.32 Å². The summed E-state index contributed by atoms with van der Waals surface area (Å²) in [5, 5.41) is 13.2. The summed E-state index contributed by atoms with van der Waals surface area (Å²) in [5.74, 6) is -1.76. The molecular formula is C28H30F2NO2. The normalized spacial score (nSPS) is 21.5. The molecule has 2 N–H and O–H groups in total. The molecule has 2 aliphatic rings. The van der Waals surface area contributed by atoms with Crippen LogP contribution >= 0.6 is 0 Å². The van der Waals surface area contributed by atoms with Gasteiger partial charge >= 0.3 is 0 Å². The topological polar surface area (TPSA) is 49.3 Å². The molecule has 1 fully saturated rings. The summed E-state index contributed by atoms with van der Waals surface area (Å²) < 4.78 is 30.3. The van der Waals surface area contributed by atoms with E-state index in [9.17, 15) is 14.3 Å². The Labute approximate surface area is 194 Å². The van der Waals surface area contributed by atoms with Crippen molar-refractivity contribution < 1.29 is 18.7 Å². The number of allylic oxidation sites excluding steroid dienone is 3. The number of benzene rings is 2. The van der Waals surface area contributed by atoms with Crippen LogP contribution in [0, 0.1) is 37.9 Å². The van der Waals surface area contributed by atoms with Gasteiger partial charge in [-0.1, -0.05) is 30.3 Å². The van der Waals surface area contributed by atoms with Crippen molar-refractivity contribution >= 4 is 11.4 Å². The molecule has 1 heterocycles. The zero-order chi connectivity index (χ0) is 23.5. The largest absolute Gasteiger partial charge is 0.396 e. The number of aliphatic hydroxyl groups is 1. The van der Waals surface area contributed by atoms with Crippen LogP contribution in [-0.2, 0) is 0 Å². The molecule has 5 heteroatoms. The number of ketones is 1. The summed E-state index contributed by atoms with van der Waals surface area (Å²) in [6, 6.07) is 11.2. The molecule has 2 aromatic carbocycles. The fraction of sp³-hybridized carbons (Fsp3) is 0.357. The fourth-order valence-corrected chi connectivity index (χ4v) is 4.97. The number of nitrogens with one attached hydrogen (secondary N) is 1. The SMILES string of the molecule is Cc1cccc(C2=C(C(=O)c3cccc(F)c3)C(CCO)[CH]C(C3CCCNC3)=C2F)c1C. The Morgan fingerprint density at radius 2 is 1.94 bits per heavy atom. The van der Waals surface area contributed by atoms with Crippen LogP contribution in [0.15, 0.2) is 59.4 Å². The van der Waals surface area contributed by atoms with Crippen molar-refractivity contribution in [3.05, 3.63) is 93.9 Å². The summed E-state index contributed by atoms with van der Waals surface area (Å²) in [7, 11) is 0. The minimum absolute atomic E-state index is 0.00544. The zero-order valence-corrected chi connectivity index (χ0v) is 19.1. The molecule has 0 amide bonds. The molecular weight excluding hydrogens is 420 g/mol. The number of rotatable bonds is 6. The minimum Gasteiger partial charge on any atom is -0.396 e.